The van der Waals surface area contributed by atoms with Crippen LogP contribution in [0, 0.1) is 6.92 Å². The quantitative estimate of drug-likeness (QED) is 0.459. The van der Waals surface area contributed by atoms with Gasteiger partial charge in [0, 0.05) is 67.9 Å². The van der Waals surface area contributed by atoms with Crippen molar-refractivity contribution in [2.75, 3.05) is 44.2 Å². The molecule has 0 aliphatic carbocycles. The van der Waals surface area contributed by atoms with Crippen LogP contribution in [0.1, 0.15) is 5.69 Å². The fraction of sp³-hybridized carbons (Fsp3) is 0.259. The van der Waals surface area contributed by atoms with Crippen molar-refractivity contribution in [3.8, 4) is 17.3 Å². The topological polar surface area (TPSA) is 116 Å². The van der Waals surface area contributed by atoms with Gasteiger partial charge in [0.2, 0.25) is 5.88 Å². The first-order valence-electron chi connectivity index (χ1n) is 11.6. The highest BCUT2D eigenvalue weighted by Crippen LogP contribution is 2.19. The average Bonchev–Trinajstić information content (AvgIpc) is 2.89. The third kappa shape index (κ3) is 8.84. The van der Waals surface area contributed by atoms with Crippen LogP contribution in [0.3, 0.4) is 0 Å². The molecular formula is C27H30N4O5. The maximum absolute atomic E-state index is 9.55. The van der Waals surface area contributed by atoms with Crippen molar-refractivity contribution < 1.29 is 24.5 Å². The number of ether oxygens (including phenoxy) is 1. The summed E-state index contributed by atoms with van der Waals surface area (Å²) in [7, 11) is 0. The van der Waals surface area contributed by atoms with Gasteiger partial charge >= 0.3 is 11.9 Å². The fourth-order valence-electron chi connectivity index (χ4n) is 3.62. The van der Waals surface area contributed by atoms with Gasteiger partial charge in [0.25, 0.3) is 0 Å². The summed E-state index contributed by atoms with van der Waals surface area (Å²) >= 11 is 0. The lowest BCUT2D eigenvalue weighted by atomic mass is 10.2. The summed E-state index contributed by atoms with van der Waals surface area (Å²) in [6, 6.07) is 22.6. The van der Waals surface area contributed by atoms with E-state index in [1.165, 1.54) is 5.69 Å². The Kier molecular flexibility index (Phi) is 9.96. The molecule has 9 nitrogen and oxygen atoms in total. The third-order valence-corrected chi connectivity index (χ3v) is 5.38. The van der Waals surface area contributed by atoms with E-state index in [0.717, 1.165) is 44.0 Å². The first kappa shape index (κ1) is 26.4. The molecule has 188 valence electrons. The summed E-state index contributed by atoms with van der Waals surface area (Å²) in [4.78, 5) is 33.1. The molecule has 36 heavy (non-hydrogen) atoms. The Labute approximate surface area is 210 Å². The summed E-state index contributed by atoms with van der Waals surface area (Å²) in [5.41, 5.74) is 3.23. The number of rotatable bonds is 8. The standard InChI is InChI=1S/C23H26N4O.C4H4O4/c1-19-18-22(25-23(24-19)20-8-4-2-5-9-20)28-17-16-26-12-14-27(15-13-26)21-10-6-3-7-11-21;5-3(6)1-2-4(7)8/h2-11,18H,12-17H2,1H3;1-2H,(H,5,6)(H,7,8)/b;2-1-. The summed E-state index contributed by atoms with van der Waals surface area (Å²) in [6.45, 7) is 7.72. The smallest absolute Gasteiger partial charge is 0.328 e. The highest BCUT2D eigenvalue weighted by molar-refractivity contribution is 5.89. The Balaban J connectivity index is 0.000000392. The Morgan fingerprint density at radius 1 is 0.889 bits per heavy atom. The van der Waals surface area contributed by atoms with Crippen molar-refractivity contribution in [2.24, 2.45) is 0 Å². The number of hydrogen-bond acceptors (Lipinski definition) is 7. The van der Waals surface area contributed by atoms with Crippen molar-refractivity contribution in [1.29, 1.82) is 0 Å². The van der Waals surface area contributed by atoms with Crippen LogP contribution in [0.4, 0.5) is 5.69 Å². The number of benzene rings is 2. The number of carboxylic acid groups (broad SMARTS) is 2. The molecule has 4 rings (SSSR count). The minimum atomic E-state index is -1.26. The van der Waals surface area contributed by atoms with Gasteiger partial charge in [-0.2, -0.15) is 4.98 Å². The van der Waals surface area contributed by atoms with Gasteiger partial charge < -0.3 is 19.8 Å². The van der Waals surface area contributed by atoms with E-state index in [0.29, 0.717) is 30.5 Å². The van der Waals surface area contributed by atoms with E-state index in [4.69, 9.17) is 14.9 Å². The molecule has 0 unspecified atom stereocenters. The molecule has 2 aromatic carbocycles. The molecule has 1 aliphatic rings. The van der Waals surface area contributed by atoms with Crippen molar-refractivity contribution in [1.82, 2.24) is 14.9 Å². The van der Waals surface area contributed by atoms with Crippen LogP contribution in [-0.4, -0.2) is 76.4 Å². The zero-order valence-electron chi connectivity index (χ0n) is 20.2. The van der Waals surface area contributed by atoms with E-state index in [1.807, 2.05) is 43.3 Å². The number of aromatic nitrogens is 2. The summed E-state index contributed by atoms with van der Waals surface area (Å²) in [5.74, 6) is -1.15. The van der Waals surface area contributed by atoms with Crippen LogP contribution in [0.5, 0.6) is 5.88 Å². The Morgan fingerprint density at radius 3 is 2.06 bits per heavy atom. The molecule has 1 aliphatic heterocycles. The highest BCUT2D eigenvalue weighted by atomic mass is 16.5. The molecule has 1 fully saturated rings. The van der Waals surface area contributed by atoms with Crippen LogP contribution in [0.2, 0.25) is 0 Å². The van der Waals surface area contributed by atoms with Crippen molar-refractivity contribution in [3.63, 3.8) is 0 Å². The first-order valence-corrected chi connectivity index (χ1v) is 11.6. The van der Waals surface area contributed by atoms with E-state index >= 15 is 0 Å². The molecule has 0 spiro atoms. The zero-order valence-corrected chi connectivity index (χ0v) is 20.2. The van der Waals surface area contributed by atoms with Gasteiger partial charge in [0.15, 0.2) is 5.82 Å². The van der Waals surface area contributed by atoms with Gasteiger partial charge in [-0.3, -0.25) is 4.90 Å². The maximum Gasteiger partial charge on any atom is 0.328 e. The number of aryl methyl sites for hydroxylation is 1. The second-order valence-corrected chi connectivity index (χ2v) is 8.06. The molecule has 3 aromatic rings. The number of carboxylic acids is 2. The van der Waals surface area contributed by atoms with Gasteiger partial charge in [-0.25, -0.2) is 14.6 Å². The molecule has 9 heteroatoms. The minimum Gasteiger partial charge on any atom is -0.478 e. The minimum absolute atomic E-state index is 0.558. The number of aliphatic carboxylic acids is 2. The lowest BCUT2D eigenvalue weighted by Crippen LogP contribution is -2.47. The molecule has 0 saturated carbocycles. The number of carbonyl (C=O) groups is 2. The first-order chi connectivity index (χ1) is 17.4. The number of nitrogens with zero attached hydrogens (tertiary/aromatic N) is 4. The molecule has 0 bridgehead atoms. The number of anilines is 1. The monoisotopic (exact) mass is 490 g/mol. The van der Waals surface area contributed by atoms with Crippen LogP contribution < -0.4 is 9.64 Å². The molecule has 1 aromatic heterocycles. The molecule has 1 saturated heterocycles. The van der Waals surface area contributed by atoms with Gasteiger partial charge in [-0.05, 0) is 19.1 Å². The van der Waals surface area contributed by atoms with Crippen LogP contribution >= 0.6 is 0 Å². The zero-order chi connectivity index (χ0) is 25.8. The third-order valence-electron chi connectivity index (χ3n) is 5.38. The predicted octanol–water partition coefficient (Wildman–Crippen LogP) is 3.36. The number of piperazine rings is 1. The lowest BCUT2D eigenvalue weighted by molar-refractivity contribution is -0.134. The SMILES string of the molecule is Cc1cc(OCCN2CCN(c3ccccc3)CC2)nc(-c2ccccc2)n1.O=C(O)/C=C\C(=O)O. The Morgan fingerprint density at radius 2 is 1.47 bits per heavy atom. The molecule has 0 radical (unpaired) electrons. The predicted molar refractivity (Wildman–Crippen MR) is 137 cm³/mol. The van der Waals surface area contributed by atoms with Gasteiger partial charge in [-0.15, -0.1) is 0 Å². The normalized spacial score (nSPS) is 13.6. The molecule has 2 heterocycles. The van der Waals surface area contributed by atoms with E-state index < -0.39 is 11.9 Å². The number of hydrogen-bond donors (Lipinski definition) is 2. The van der Waals surface area contributed by atoms with Gasteiger partial charge in [-0.1, -0.05) is 48.5 Å². The molecular weight excluding hydrogens is 460 g/mol. The fourth-order valence-corrected chi connectivity index (χ4v) is 3.62. The second kappa shape index (κ2) is 13.6. The van der Waals surface area contributed by atoms with Gasteiger partial charge in [0.1, 0.15) is 6.61 Å². The van der Waals surface area contributed by atoms with E-state index in [-0.39, 0.29) is 0 Å². The summed E-state index contributed by atoms with van der Waals surface area (Å²) in [6.07, 6.45) is 1.12. The number of para-hydroxylation sites is 1. The van der Waals surface area contributed by atoms with Crippen LogP contribution in [-0.2, 0) is 9.59 Å². The molecule has 0 amide bonds. The lowest BCUT2D eigenvalue weighted by Gasteiger charge is -2.36. The van der Waals surface area contributed by atoms with E-state index in [9.17, 15) is 9.59 Å². The van der Waals surface area contributed by atoms with Gasteiger partial charge in [0.05, 0.1) is 0 Å². The largest absolute Gasteiger partial charge is 0.478 e. The van der Waals surface area contributed by atoms with Crippen molar-refractivity contribution >= 4 is 17.6 Å². The van der Waals surface area contributed by atoms with Crippen molar-refractivity contribution in [2.45, 2.75) is 6.92 Å². The van der Waals surface area contributed by atoms with Crippen LogP contribution in [0.15, 0.2) is 78.9 Å². The summed E-state index contributed by atoms with van der Waals surface area (Å²) in [5, 5.41) is 15.6. The maximum atomic E-state index is 9.55. The average molecular weight is 491 g/mol. The van der Waals surface area contributed by atoms with Crippen LogP contribution in [0.25, 0.3) is 11.4 Å². The Hall–Kier alpha value is -4.24. The highest BCUT2D eigenvalue weighted by Gasteiger charge is 2.17. The molecule has 2 N–H and O–H groups in total. The Bertz CT molecular complexity index is 1130. The second-order valence-electron chi connectivity index (χ2n) is 8.06. The van der Waals surface area contributed by atoms with Crippen molar-refractivity contribution in [3.05, 3.63) is 84.6 Å². The van der Waals surface area contributed by atoms with E-state index in [2.05, 4.69) is 50.1 Å². The molecule has 0 atom stereocenters. The van der Waals surface area contributed by atoms with E-state index in [1.54, 1.807) is 0 Å². The summed E-state index contributed by atoms with van der Waals surface area (Å²) < 4.78 is 5.96.